The molecule has 3 aliphatic rings. The maximum Gasteiger partial charge on any atom is 0.319 e. The highest BCUT2D eigenvalue weighted by molar-refractivity contribution is 6.02. The first-order valence-corrected chi connectivity index (χ1v) is 15.0. The summed E-state index contributed by atoms with van der Waals surface area (Å²) in [7, 11) is 0. The molecule has 12 heteroatoms. The standard InChI is InChI=1S/C33H30F5N5O2/c1-2-22-25(35)6-5-19-13-20(30(37)38)14-23(26(19)22)28-27(36)29-24(16-39-28)31(42-8-4-11-44-12-10-42)41-32(40-29)45-18-33-7-3-9-43(33)17-21(34)15-33/h1,5-6,13-14,16,21,30H,3-4,7-12,15,17-18H2/t21-,33+/m1/s1. The van der Waals surface area contributed by atoms with E-state index in [2.05, 4.69) is 25.8 Å². The molecule has 45 heavy (non-hydrogen) atoms. The van der Waals surface area contributed by atoms with Crippen LogP contribution in [-0.4, -0.2) is 77.6 Å². The average Bonchev–Trinajstić information content (AvgIpc) is 3.41. The van der Waals surface area contributed by atoms with Gasteiger partial charge in [0.05, 0.1) is 23.1 Å². The summed E-state index contributed by atoms with van der Waals surface area (Å²) in [5.41, 5.74) is -1.61. The van der Waals surface area contributed by atoms with E-state index in [4.69, 9.17) is 15.9 Å². The summed E-state index contributed by atoms with van der Waals surface area (Å²) in [4.78, 5) is 17.5. The molecular weight excluding hydrogens is 593 g/mol. The number of pyridine rings is 1. The third kappa shape index (κ3) is 5.21. The van der Waals surface area contributed by atoms with Gasteiger partial charge in [-0.15, -0.1) is 6.42 Å². The molecule has 0 amide bonds. The number of ether oxygens (including phenoxy) is 2. The van der Waals surface area contributed by atoms with Gasteiger partial charge >= 0.3 is 6.01 Å². The van der Waals surface area contributed by atoms with Crippen LogP contribution in [0.25, 0.3) is 32.9 Å². The number of aromatic nitrogens is 3. The molecule has 2 aromatic carbocycles. The van der Waals surface area contributed by atoms with E-state index in [0.717, 1.165) is 31.5 Å². The van der Waals surface area contributed by atoms with Crippen LogP contribution in [0.3, 0.4) is 0 Å². The predicted molar refractivity (Wildman–Crippen MR) is 159 cm³/mol. The molecular formula is C33H30F5N5O2. The lowest BCUT2D eigenvalue weighted by atomic mass is 9.94. The molecule has 0 saturated carbocycles. The van der Waals surface area contributed by atoms with Gasteiger partial charge in [-0.25, -0.2) is 22.0 Å². The number of fused-ring (bicyclic) bond motifs is 3. The van der Waals surface area contributed by atoms with Crippen molar-refractivity contribution in [2.75, 3.05) is 50.9 Å². The average molecular weight is 624 g/mol. The number of rotatable bonds is 6. The molecule has 2 aromatic heterocycles. The Labute approximate surface area is 256 Å². The summed E-state index contributed by atoms with van der Waals surface area (Å²) in [5.74, 6) is 0.997. The molecule has 4 aromatic rings. The summed E-state index contributed by atoms with van der Waals surface area (Å²) >= 11 is 0. The van der Waals surface area contributed by atoms with Crippen LogP contribution in [0, 0.1) is 24.0 Å². The Hall–Kier alpha value is -4.08. The normalized spacial score (nSPS) is 22.2. The summed E-state index contributed by atoms with van der Waals surface area (Å²) in [6.45, 7) is 3.28. The first kappa shape index (κ1) is 29.6. The highest BCUT2D eigenvalue weighted by atomic mass is 19.3. The van der Waals surface area contributed by atoms with Crippen LogP contribution in [0.5, 0.6) is 6.01 Å². The van der Waals surface area contributed by atoms with Gasteiger partial charge < -0.3 is 14.4 Å². The van der Waals surface area contributed by atoms with Gasteiger partial charge in [-0.3, -0.25) is 9.88 Å². The van der Waals surface area contributed by atoms with Gasteiger partial charge in [-0.2, -0.15) is 9.97 Å². The van der Waals surface area contributed by atoms with E-state index in [1.54, 1.807) is 0 Å². The molecule has 5 heterocycles. The van der Waals surface area contributed by atoms with Gasteiger partial charge in [-0.05, 0) is 49.4 Å². The Morgan fingerprint density at radius 1 is 1.11 bits per heavy atom. The number of hydrogen-bond acceptors (Lipinski definition) is 7. The van der Waals surface area contributed by atoms with Crippen molar-refractivity contribution in [1.82, 2.24) is 19.9 Å². The molecule has 0 spiro atoms. The lowest BCUT2D eigenvalue weighted by Gasteiger charge is -2.31. The minimum absolute atomic E-state index is 0.0825. The SMILES string of the molecule is C#Cc1c(F)ccc2cc(C(F)F)cc(-c3ncc4c(N5CCCOCC5)nc(OC[C@@]56CCCN5C[C@H](F)C6)nc4c3F)c12. The second-order valence-corrected chi connectivity index (χ2v) is 11.9. The van der Waals surface area contributed by atoms with Crippen molar-refractivity contribution in [3.8, 4) is 29.6 Å². The Kier molecular flexibility index (Phi) is 7.70. The molecule has 2 atom stereocenters. The fraction of sp³-hybridized carbons (Fsp3) is 0.424. The molecule has 0 N–H and O–H groups in total. The van der Waals surface area contributed by atoms with Crippen molar-refractivity contribution in [3.05, 3.63) is 53.2 Å². The van der Waals surface area contributed by atoms with Gasteiger partial charge in [0.15, 0.2) is 5.82 Å². The number of anilines is 1. The fourth-order valence-electron chi connectivity index (χ4n) is 7.04. The fourth-order valence-corrected chi connectivity index (χ4v) is 7.04. The first-order valence-electron chi connectivity index (χ1n) is 15.0. The second kappa shape index (κ2) is 11.7. The topological polar surface area (TPSA) is 63.6 Å². The Bertz CT molecular complexity index is 1820. The monoisotopic (exact) mass is 623 g/mol. The van der Waals surface area contributed by atoms with Crippen molar-refractivity contribution in [3.63, 3.8) is 0 Å². The van der Waals surface area contributed by atoms with Gasteiger partial charge in [0.1, 0.15) is 35.6 Å². The number of terminal acetylenes is 1. The smallest absolute Gasteiger partial charge is 0.319 e. The summed E-state index contributed by atoms with van der Waals surface area (Å²) in [5, 5.41) is 0.595. The lowest BCUT2D eigenvalue weighted by Crippen LogP contribution is -2.43. The summed E-state index contributed by atoms with van der Waals surface area (Å²) < 4.78 is 85.6. The lowest BCUT2D eigenvalue weighted by molar-refractivity contribution is 0.107. The maximum atomic E-state index is 16.7. The van der Waals surface area contributed by atoms with Crippen LogP contribution in [0.4, 0.5) is 27.8 Å². The Morgan fingerprint density at radius 3 is 2.80 bits per heavy atom. The van der Waals surface area contributed by atoms with Crippen molar-refractivity contribution in [1.29, 1.82) is 0 Å². The van der Waals surface area contributed by atoms with E-state index in [1.165, 1.54) is 18.3 Å². The van der Waals surface area contributed by atoms with Gasteiger partial charge in [0, 0.05) is 55.4 Å². The minimum Gasteiger partial charge on any atom is -0.461 e. The zero-order valence-electron chi connectivity index (χ0n) is 24.3. The van der Waals surface area contributed by atoms with Crippen LogP contribution in [0.2, 0.25) is 0 Å². The molecule has 0 unspecified atom stereocenters. The van der Waals surface area contributed by atoms with Crippen LogP contribution < -0.4 is 9.64 Å². The van der Waals surface area contributed by atoms with Crippen LogP contribution in [0.1, 0.15) is 43.2 Å². The number of alkyl halides is 3. The van der Waals surface area contributed by atoms with Crippen molar-refractivity contribution < 1.29 is 31.4 Å². The quantitative estimate of drug-likeness (QED) is 0.187. The predicted octanol–water partition coefficient (Wildman–Crippen LogP) is 6.22. The molecule has 3 saturated heterocycles. The Balaban J connectivity index is 1.40. The zero-order valence-corrected chi connectivity index (χ0v) is 24.3. The van der Waals surface area contributed by atoms with Gasteiger partial charge in [0.25, 0.3) is 6.43 Å². The number of nitrogens with zero attached hydrogens (tertiary/aromatic N) is 5. The molecule has 7 rings (SSSR count). The van der Waals surface area contributed by atoms with Crippen molar-refractivity contribution >= 4 is 27.5 Å². The highest BCUT2D eigenvalue weighted by Gasteiger charge is 2.49. The molecule has 0 bridgehead atoms. The molecule has 7 nitrogen and oxygen atoms in total. The number of benzene rings is 2. The number of hydrogen-bond donors (Lipinski definition) is 0. The highest BCUT2D eigenvalue weighted by Crippen LogP contribution is 2.42. The summed E-state index contributed by atoms with van der Waals surface area (Å²) in [6, 6.07) is 4.60. The Morgan fingerprint density at radius 2 is 1.98 bits per heavy atom. The first-order chi connectivity index (χ1) is 21.8. The minimum atomic E-state index is -2.88. The van der Waals surface area contributed by atoms with Gasteiger partial charge in [0.2, 0.25) is 0 Å². The molecule has 234 valence electrons. The molecule has 3 aliphatic heterocycles. The van der Waals surface area contributed by atoms with E-state index in [0.29, 0.717) is 51.5 Å². The third-order valence-electron chi connectivity index (χ3n) is 9.14. The van der Waals surface area contributed by atoms with Crippen LogP contribution in [-0.2, 0) is 4.74 Å². The van der Waals surface area contributed by atoms with E-state index in [-0.39, 0.29) is 51.1 Å². The third-order valence-corrected chi connectivity index (χ3v) is 9.14. The van der Waals surface area contributed by atoms with Crippen molar-refractivity contribution in [2.24, 2.45) is 0 Å². The van der Waals surface area contributed by atoms with E-state index < -0.39 is 35.3 Å². The molecule has 0 aliphatic carbocycles. The van der Waals surface area contributed by atoms with E-state index >= 15 is 4.39 Å². The van der Waals surface area contributed by atoms with E-state index in [9.17, 15) is 17.6 Å². The number of halogens is 5. The van der Waals surface area contributed by atoms with Crippen LogP contribution in [0.15, 0.2) is 30.5 Å². The largest absolute Gasteiger partial charge is 0.461 e. The van der Waals surface area contributed by atoms with Gasteiger partial charge in [-0.1, -0.05) is 12.0 Å². The van der Waals surface area contributed by atoms with E-state index in [1.807, 2.05) is 4.90 Å². The zero-order chi connectivity index (χ0) is 31.3. The van der Waals surface area contributed by atoms with Crippen LogP contribution >= 0.6 is 0 Å². The molecule has 0 radical (unpaired) electrons. The second-order valence-electron chi connectivity index (χ2n) is 11.9. The van der Waals surface area contributed by atoms with Crippen molar-refractivity contribution in [2.45, 2.75) is 43.8 Å². The summed E-state index contributed by atoms with van der Waals surface area (Å²) in [6.07, 6.45) is 5.89. The molecule has 3 fully saturated rings. The maximum absolute atomic E-state index is 16.7.